The Morgan fingerprint density at radius 2 is 1.85 bits per heavy atom. The Labute approximate surface area is 152 Å². The van der Waals surface area contributed by atoms with Crippen molar-refractivity contribution in [2.24, 2.45) is 0 Å². The van der Waals surface area contributed by atoms with Crippen molar-refractivity contribution in [3.8, 4) is 0 Å². The molecule has 1 N–H and O–H groups in total. The zero-order chi connectivity index (χ0) is 18.3. The Morgan fingerprint density at radius 1 is 1.12 bits per heavy atom. The van der Waals surface area contributed by atoms with Crippen molar-refractivity contribution in [3.05, 3.63) is 70.8 Å². The highest BCUT2D eigenvalue weighted by Gasteiger charge is 2.55. The smallest absolute Gasteiger partial charge is 0.319 e. The highest BCUT2D eigenvalue weighted by molar-refractivity contribution is 6.11. The van der Waals surface area contributed by atoms with Crippen LogP contribution >= 0.6 is 0 Å². The van der Waals surface area contributed by atoms with Crippen LogP contribution in [0.5, 0.6) is 0 Å². The number of nitrogens with zero attached hydrogens (tertiary/aromatic N) is 1. The summed E-state index contributed by atoms with van der Waals surface area (Å²) in [5.74, 6) is -0.564. The van der Waals surface area contributed by atoms with Crippen LogP contribution in [0.3, 0.4) is 0 Å². The molecule has 1 aliphatic carbocycles. The number of aryl methyl sites for hydroxylation is 2. The molecule has 2 aliphatic rings. The molecular formula is C21H20N2O3. The lowest BCUT2D eigenvalue weighted by molar-refractivity contribution is -0.131. The van der Waals surface area contributed by atoms with Crippen LogP contribution in [0.4, 0.5) is 4.79 Å². The number of imide groups is 1. The van der Waals surface area contributed by atoms with E-state index in [4.69, 9.17) is 0 Å². The number of carbonyl (C=O) groups is 3. The lowest BCUT2D eigenvalue weighted by Gasteiger charge is -2.22. The lowest BCUT2D eigenvalue weighted by Crippen LogP contribution is -2.42. The van der Waals surface area contributed by atoms with Gasteiger partial charge in [0.15, 0.2) is 5.78 Å². The van der Waals surface area contributed by atoms with Gasteiger partial charge >= 0.3 is 6.03 Å². The van der Waals surface area contributed by atoms with Crippen molar-refractivity contribution in [2.75, 3.05) is 6.54 Å². The summed E-state index contributed by atoms with van der Waals surface area (Å²) >= 11 is 0. The first-order chi connectivity index (χ1) is 12.5. The molecule has 2 aromatic carbocycles. The average molecular weight is 348 g/mol. The van der Waals surface area contributed by atoms with Crippen LogP contribution in [0.2, 0.25) is 0 Å². The van der Waals surface area contributed by atoms with Crippen molar-refractivity contribution >= 4 is 17.7 Å². The Bertz CT molecular complexity index is 904. The molecule has 1 fully saturated rings. The van der Waals surface area contributed by atoms with E-state index in [1.807, 2.05) is 43.3 Å². The average Bonchev–Trinajstić information content (AvgIpc) is 3.15. The number of hydrogen-bond acceptors (Lipinski definition) is 3. The van der Waals surface area contributed by atoms with E-state index >= 15 is 0 Å². The molecule has 1 spiro atoms. The number of Topliss-reactive ketones (excluding diaryl/α,β-unsaturated/α-hetero) is 1. The quantitative estimate of drug-likeness (QED) is 0.682. The van der Waals surface area contributed by atoms with Gasteiger partial charge in [0.1, 0.15) is 5.54 Å². The minimum Gasteiger partial charge on any atom is -0.319 e. The van der Waals surface area contributed by atoms with Gasteiger partial charge in [-0.15, -0.1) is 0 Å². The second-order valence-electron chi connectivity index (χ2n) is 6.86. The molecule has 4 rings (SSSR count). The summed E-state index contributed by atoms with van der Waals surface area (Å²) < 4.78 is 0. The fraction of sp³-hybridized carbons (Fsp3) is 0.286. The molecule has 2 aromatic rings. The maximum atomic E-state index is 13.1. The van der Waals surface area contributed by atoms with Crippen molar-refractivity contribution in [2.45, 2.75) is 31.7 Å². The number of ketones is 1. The van der Waals surface area contributed by atoms with Crippen LogP contribution in [-0.2, 0) is 23.2 Å². The molecule has 132 valence electrons. The van der Waals surface area contributed by atoms with Gasteiger partial charge in [0.2, 0.25) is 0 Å². The largest absolute Gasteiger partial charge is 0.325 e. The first-order valence-corrected chi connectivity index (χ1v) is 8.90. The number of hydrogen-bond donors (Lipinski definition) is 1. The number of nitrogens with one attached hydrogen (secondary N) is 1. The monoisotopic (exact) mass is 348 g/mol. The molecule has 5 nitrogen and oxygen atoms in total. The minimum absolute atomic E-state index is 0.236. The number of urea groups is 1. The van der Waals surface area contributed by atoms with E-state index in [0.717, 1.165) is 34.4 Å². The summed E-state index contributed by atoms with van der Waals surface area (Å²) in [6, 6.07) is 14.5. The summed E-state index contributed by atoms with van der Waals surface area (Å²) in [7, 11) is 0. The summed E-state index contributed by atoms with van der Waals surface area (Å²) in [5.41, 5.74) is 2.55. The van der Waals surface area contributed by atoms with Gasteiger partial charge in [0.05, 0.1) is 6.54 Å². The summed E-state index contributed by atoms with van der Waals surface area (Å²) in [4.78, 5) is 39.1. The van der Waals surface area contributed by atoms with Crippen LogP contribution in [-0.4, -0.2) is 29.2 Å². The molecule has 0 radical (unpaired) electrons. The molecule has 0 saturated carbocycles. The summed E-state index contributed by atoms with van der Waals surface area (Å²) in [6.07, 6.45) is 2.17. The highest BCUT2D eigenvalue weighted by Crippen LogP contribution is 2.41. The molecule has 3 amide bonds. The third-order valence-electron chi connectivity index (χ3n) is 5.41. The maximum absolute atomic E-state index is 13.1. The molecule has 26 heavy (non-hydrogen) atoms. The number of benzene rings is 2. The van der Waals surface area contributed by atoms with Gasteiger partial charge in [-0.1, -0.05) is 55.5 Å². The van der Waals surface area contributed by atoms with Gasteiger partial charge in [-0.3, -0.25) is 14.5 Å². The molecule has 0 unspecified atom stereocenters. The normalized spacial score (nSPS) is 21.2. The van der Waals surface area contributed by atoms with Crippen LogP contribution in [0, 0.1) is 0 Å². The minimum atomic E-state index is -1.01. The molecule has 1 heterocycles. The molecule has 1 saturated heterocycles. The summed E-state index contributed by atoms with van der Waals surface area (Å²) in [5, 5.41) is 2.85. The second-order valence-corrected chi connectivity index (χ2v) is 6.86. The molecule has 0 aromatic heterocycles. The van der Waals surface area contributed by atoms with Gasteiger partial charge < -0.3 is 5.32 Å². The number of carbonyl (C=O) groups excluding carboxylic acids is 3. The van der Waals surface area contributed by atoms with Crippen LogP contribution in [0.15, 0.2) is 48.5 Å². The van der Waals surface area contributed by atoms with Gasteiger partial charge in [-0.05, 0) is 36.0 Å². The van der Waals surface area contributed by atoms with Crippen molar-refractivity contribution in [1.29, 1.82) is 0 Å². The number of fused-ring (bicyclic) bond motifs is 2. The SMILES string of the molecule is CCc1ccc(C(=O)CN2C(=O)N[C@]3(CCc4ccccc43)C2=O)cc1. The van der Waals surface area contributed by atoms with E-state index in [1.165, 1.54) is 0 Å². The Morgan fingerprint density at radius 3 is 2.58 bits per heavy atom. The topological polar surface area (TPSA) is 66.5 Å². The van der Waals surface area contributed by atoms with Gasteiger partial charge in [-0.2, -0.15) is 0 Å². The Hall–Kier alpha value is -2.95. The van der Waals surface area contributed by atoms with E-state index in [1.54, 1.807) is 12.1 Å². The van der Waals surface area contributed by atoms with E-state index in [-0.39, 0.29) is 18.2 Å². The van der Waals surface area contributed by atoms with Crippen LogP contribution in [0.1, 0.15) is 40.4 Å². The molecule has 1 atom stereocenters. The Kier molecular flexibility index (Phi) is 3.87. The van der Waals surface area contributed by atoms with E-state index < -0.39 is 11.6 Å². The van der Waals surface area contributed by atoms with E-state index in [2.05, 4.69) is 5.32 Å². The molecule has 1 aliphatic heterocycles. The number of amides is 3. The third kappa shape index (κ3) is 2.43. The molecule has 0 bridgehead atoms. The van der Waals surface area contributed by atoms with Crippen molar-refractivity contribution < 1.29 is 14.4 Å². The predicted octanol–water partition coefficient (Wildman–Crippen LogP) is 2.83. The number of rotatable bonds is 4. The second kappa shape index (κ2) is 6.09. The zero-order valence-electron chi connectivity index (χ0n) is 14.6. The third-order valence-corrected chi connectivity index (χ3v) is 5.41. The fourth-order valence-corrected chi connectivity index (χ4v) is 3.89. The predicted molar refractivity (Wildman–Crippen MR) is 96.8 cm³/mol. The van der Waals surface area contributed by atoms with Crippen molar-refractivity contribution in [1.82, 2.24) is 10.2 Å². The molecular weight excluding hydrogens is 328 g/mol. The standard InChI is InChI=1S/C21H20N2O3/c1-2-14-7-9-16(10-8-14)18(24)13-23-19(25)21(22-20(23)26)12-11-15-5-3-4-6-17(15)21/h3-10H,2,11-13H2,1H3,(H,22,26)/t21-/m0/s1. The van der Waals surface area contributed by atoms with Gasteiger partial charge in [0.25, 0.3) is 5.91 Å². The fourth-order valence-electron chi connectivity index (χ4n) is 3.89. The van der Waals surface area contributed by atoms with E-state index in [0.29, 0.717) is 12.0 Å². The molecule has 5 heteroatoms. The maximum Gasteiger partial charge on any atom is 0.325 e. The van der Waals surface area contributed by atoms with Gasteiger partial charge in [0, 0.05) is 5.56 Å². The lowest BCUT2D eigenvalue weighted by atomic mass is 9.92. The van der Waals surface area contributed by atoms with E-state index in [9.17, 15) is 14.4 Å². The zero-order valence-corrected chi connectivity index (χ0v) is 14.6. The van der Waals surface area contributed by atoms with Gasteiger partial charge in [-0.25, -0.2) is 4.79 Å². The Balaban J connectivity index is 1.58. The highest BCUT2D eigenvalue weighted by atomic mass is 16.2. The first kappa shape index (κ1) is 16.5. The van der Waals surface area contributed by atoms with Crippen LogP contribution in [0.25, 0.3) is 0 Å². The first-order valence-electron chi connectivity index (χ1n) is 8.90. The van der Waals surface area contributed by atoms with Crippen LogP contribution < -0.4 is 5.32 Å². The van der Waals surface area contributed by atoms with Crippen molar-refractivity contribution in [3.63, 3.8) is 0 Å². The summed E-state index contributed by atoms with van der Waals surface area (Å²) in [6.45, 7) is 1.81.